The van der Waals surface area contributed by atoms with Gasteiger partial charge in [0.15, 0.2) is 5.65 Å². The van der Waals surface area contributed by atoms with E-state index in [2.05, 4.69) is 15.2 Å². The Morgan fingerprint density at radius 2 is 2.04 bits per heavy atom. The van der Waals surface area contributed by atoms with Crippen molar-refractivity contribution in [1.29, 1.82) is 0 Å². The molecule has 144 valence electrons. The summed E-state index contributed by atoms with van der Waals surface area (Å²) in [6.07, 6.45) is 1.42. The first-order valence-corrected chi connectivity index (χ1v) is 9.24. The fraction of sp³-hybridized carbons (Fsp3) is 0.316. The molecule has 0 aliphatic heterocycles. The molecule has 1 fully saturated rings. The summed E-state index contributed by atoms with van der Waals surface area (Å²) in [6.45, 7) is 1.12. The van der Waals surface area contributed by atoms with Crippen LogP contribution in [0.1, 0.15) is 42.3 Å². The van der Waals surface area contributed by atoms with Gasteiger partial charge < -0.3 is 0 Å². The lowest BCUT2D eigenvalue weighted by Crippen LogP contribution is -2.24. The van der Waals surface area contributed by atoms with Gasteiger partial charge in [0.05, 0.1) is 11.7 Å². The van der Waals surface area contributed by atoms with Crippen molar-refractivity contribution >= 4 is 28.2 Å². The monoisotopic (exact) mass is 405 g/mol. The molecular formula is C19H15ClF3N5. The Morgan fingerprint density at radius 1 is 1.21 bits per heavy atom. The number of alkyl halides is 3. The zero-order chi connectivity index (χ0) is 19.6. The van der Waals surface area contributed by atoms with Crippen molar-refractivity contribution in [3.05, 3.63) is 59.1 Å². The second-order valence-corrected chi connectivity index (χ2v) is 7.58. The predicted molar refractivity (Wildman–Crippen MR) is 98.6 cm³/mol. The molecule has 3 aromatic heterocycles. The predicted octanol–water partition coefficient (Wildman–Crippen LogP) is 5.13. The van der Waals surface area contributed by atoms with E-state index in [1.54, 1.807) is 16.9 Å². The van der Waals surface area contributed by atoms with Crippen LogP contribution in [0.15, 0.2) is 42.9 Å². The Bertz CT molecular complexity index is 1200. The van der Waals surface area contributed by atoms with E-state index >= 15 is 0 Å². The molecule has 0 saturated heterocycles. The Labute approximate surface area is 162 Å². The van der Waals surface area contributed by atoms with Crippen LogP contribution in [0.25, 0.3) is 16.6 Å². The molecule has 0 amide bonds. The van der Waals surface area contributed by atoms with Crippen molar-refractivity contribution in [2.24, 2.45) is 0 Å². The molecule has 28 heavy (non-hydrogen) atoms. The van der Waals surface area contributed by atoms with E-state index < -0.39 is 12.2 Å². The molecule has 1 aliphatic carbocycles. The lowest BCUT2D eigenvalue weighted by Gasteiger charge is -2.17. The summed E-state index contributed by atoms with van der Waals surface area (Å²) in [5, 5.41) is 9.24. The van der Waals surface area contributed by atoms with Gasteiger partial charge in [0.1, 0.15) is 11.2 Å². The van der Waals surface area contributed by atoms with E-state index in [9.17, 15) is 13.2 Å². The highest BCUT2D eigenvalue weighted by molar-refractivity contribution is 6.29. The summed E-state index contributed by atoms with van der Waals surface area (Å²) in [4.78, 5) is 4.36. The van der Waals surface area contributed by atoms with E-state index in [-0.39, 0.29) is 11.8 Å². The number of aromatic nitrogens is 5. The second kappa shape index (κ2) is 5.94. The molecule has 5 nitrogen and oxygen atoms in total. The number of halogens is 4. The highest BCUT2D eigenvalue weighted by atomic mass is 35.5. The first-order chi connectivity index (χ1) is 13.3. The van der Waals surface area contributed by atoms with Crippen LogP contribution >= 0.6 is 11.6 Å². The van der Waals surface area contributed by atoms with Crippen LogP contribution in [0, 0.1) is 0 Å². The minimum absolute atomic E-state index is 0.202. The van der Waals surface area contributed by atoms with Crippen LogP contribution in [-0.2, 0) is 0 Å². The number of nitrogens with zero attached hydrogens (tertiary/aromatic N) is 5. The third kappa shape index (κ3) is 2.74. The minimum Gasteiger partial charge on any atom is -0.253 e. The maximum Gasteiger partial charge on any atom is 0.410 e. The largest absolute Gasteiger partial charge is 0.410 e. The molecule has 0 bridgehead atoms. The van der Waals surface area contributed by atoms with Crippen molar-refractivity contribution in [2.75, 3.05) is 0 Å². The third-order valence-corrected chi connectivity index (χ3v) is 5.62. The molecule has 3 atom stereocenters. The topological polar surface area (TPSA) is 48.0 Å². The summed E-state index contributed by atoms with van der Waals surface area (Å²) in [7, 11) is 0. The molecule has 1 aliphatic rings. The SMILES string of the molecule is CC(n1ncc2ccc([C@H]3CC3c3cc(Cl)nn4ccnc34)cc21)C(F)(F)F. The average molecular weight is 406 g/mol. The zero-order valence-electron chi connectivity index (χ0n) is 14.7. The normalized spacial score (nSPS) is 20.8. The van der Waals surface area contributed by atoms with Crippen molar-refractivity contribution in [3.8, 4) is 0 Å². The van der Waals surface area contributed by atoms with E-state index in [1.165, 1.54) is 6.20 Å². The van der Waals surface area contributed by atoms with Crippen molar-refractivity contribution in [3.63, 3.8) is 0 Å². The highest BCUT2D eigenvalue weighted by Gasteiger charge is 2.42. The van der Waals surface area contributed by atoms with Gasteiger partial charge in [-0.1, -0.05) is 23.7 Å². The standard InChI is InChI=1S/C19H15ClF3N5/c1-10(19(21,22)23)28-16-6-11(2-3-12(16)9-25-28)13-7-14(13)15-8-17(20)26-27-5-4-24-18(15)27/h2-6,8-10,13-14H,7H2,1H3/t10?,13-,14?/m1/s1. The average Bonchev–Trinajstić information content (AvgIpc) is 3.10. The van der Waals surface area contributed by atoms with Gasteiger partial charge in [-0.05, 0) is 42.9 Å². The lowest BCUT2D eigenvalue weighted by molar-refractivity contribution is -0.164. The fourth-order valence-corrected chi connectivity index (χ4v) is 4.02. The number of fused-ring (bicyclic) bond motifs is 2. The molecular weight excluding hydrogens is 391 g/mol. The first-order valence-electron chi connectivity index (χ1n) is 8.86. The fourth-order valence-electron chi connectivity index (χ4n) is 3.82. The van der Waals surface area contributed by atoms with E-state index in [1.807, 2.05) is 24.3 Å². The Hall–Kier alpha value is -2.61. The number of hydrogen-bond acceptors (Lipinski definition) is 3. The molecule has 3 heterocycles. The van der Waals surface area contributed by atoms with Crippen molar-refractivity contribution in [2.45, 2.75) is 37.4 Å². The van der Waals surface area contributed by atoms with E-state index in [0.717, 1.165) is 34.8 Å². The van der Waals surface area contributed by atoms with E-state index in [0.29, 0.717) is 16.1 Å². The summed E-state index contributed by atoms with van der Waals surface area (Å²) < 4.78 is 42.2. The zero-order valence-corrected chi connectivity index (χ0v) is 15.5. The smallest absolute Gasteiger partial charge is 0.253 e. The number of rotatable bonds is 3. The Kier molecular flexibility index (Phi) is 3.71. The Balaban J connectivity index is 1.52. The molecule has 5 rings (SSSR count). The van der Waals surface area contributed by atoms with Crippen LogP contribution in [-0.4, -0.2) is 30.6 Å². The molecule has 0 N–H and O–H groups in total. The molecule has 1 saturated carbocycles. The Morgan fingerprint density at radius 3 is 2.82 bits per heavy atom. The van der Waals surface area contributed by atoms with Crippen LogP contribution in [0.2, 0.25) is 5.15 Å². The lowest BCUT2D eigenvalue weighted by atomic mass is 10.0. The number of benzene rings is 1. The van der Waals surface area contributed by atoms with Gasteiger partial charge >= 0.3 is 6.18 Å². The third-order valence-electron chi connectivity index (χ3n) is 5.44. The minimum atomic E-state index is -4.35. The molecule has 2 unspecified atom stereocenters. The van der Waals surface area contributed by atoms with Gasteiger partial charge in [0.25, 0.3) is 0 Å². The molecule has 4 aromatic rings. The van der Waals surface area contributed by atoms with Gasteiger partial charge in [-0.15, -0.1) is 0 Å². The summed E-state index contributed by atoms with van der Waals surface area (Å²) in [5.41, 5.74) is 3.25. The summed E-state index contributed by atoms with van der Waals surface area (Å²) in [6, 6.07) is 5.75. The summed E-state index contributed by atoms with van der Waals surface area (Å²) >= 11 is 6.13. The van der Waals surface area contributed by atoms with E-state index in [4.69, 9.17) is 11.6 Å². The van der Waals surface area contributed by atoms with Gasteiger partial charge in [0.2, 0.25) is 0 Å². The van der Waals surface area contributed by atoms with Gasteiger partial charge in [-0.25, -0.2) is 9.50 Å². The van der Waals surface area contributed by atoms with Crippen LogP contribution in [0.4, 0.5) is 13.2 Å². The highest BCUT2D eigenvalue weighted by Crippen LogP contribution is 2.56. The van der Waals surface area contributed by atoms with Crippen LogP contribution < -0.4 is 0 Å². The maximum absolute atomic E-state index is 13.2. The van der Waals surface area contributed by atoms with Crippen LogP contribution in [0.5, 0.6) is 0 Å². The van der Waals surface area contributed by atoms with Crippen molar-refractivity contribution in [1.82, 2.24) is 24.4 Å². The number of hydrogen-bond donors (Lipinski definition) is 0. The van der Waals surface area contributed by atoms with Gasteiger partial charge in [-0.2, -0.15) is 23.4 Å². The molecule has 0 radical (unpaired) electrons. The molecule has 1 aromatic carbocycles. The number of imidazole rings is 1. The quantitative estimate of drug-likeness (QED) is 0.475. The summed E-state index contributed by atoms with van der Waals surface area (Å²) in [5.74, 6) is 0.409. The van der Waals surface area contributed by atoms with Gasteiger partial charge in [-0.3, -0.25) is 4.68 Å². The van der Waals surface area contributed by atoms with Gasteiger partial charge in [0, 0.05) is 23.3 Å². The van der Waals surface area contributed by atoms with Crippen LogP contribution in [0.3, 0.4) is 0 Å². The molecule has 0 spiro atoms. The molecule has 9 heteroatoms. The van der Waals surface area contributed by atoms with Crippen molar-refractivity contribution < 1.29 is 13.2 Å². The maximum atomic E-state index is 13.2. The first kappa shape index (κ1) is 17.5. The second-order valence-electron chi connectivity index (χ2n) is 7.19.